The average Bonchev–Trinajstić information content (AvgIpc) is 3.06. The van der Waals surface area contributed by atoms with Gasteiger partial charge >= 0.3 is 0 Å². The van der Waals surface area contributed by atoms with Gasteiger partial charge in [-0.1, -0.05) is 35.5 Å². The van der Waals surface area contributed by atoms with Crippen LogP contribution in [0.2, 0.25) is 0 Å². The molecule has 2 aromatic rings. The fraction of sp³-hybridized carbons (Fsp3) is 0.333. The summed E-state index contributed by atoms with van der Waals surface area (Å²) in [5.41, 5.74) is 6.89. The highest BCUT2D eigenvalue weighted by Crippen LogP contribution is 2.50. The highest BCUT2D eigenvalue weighted by atomic mass is 16.4. The average molecular weight is 270 g/mol. The summed E-state index contributed by atoms with van der Waals surface area (Å²) in [6.45, 7) is 0.855. The maximum absolute atomic E-state index is 8.73. The first-order chi connectivity index (χ1) is 9.72. The zero-order chi connectivity index (χ0) is 14.0. The first kappa shape index (κ1) is 12.7. The standard InChI is InChI=1S/C15H18N4O/c16-13(18-20)10-15(6-7-15)11-19-9-8-17-14(19)12-4-2-1-3-5-12/h1-5,8-9,20H,6-7,10-11H2,(H2,16,18). The van der Waals surface area contributed by atoms with Gasteiger partial charge in [-0.2, -0.15) is 0 Å². The minimum Gasteiger partial charge on any atom is -0.409 e. The Labute approximate surface area is 117 Å². The molecule has 5 nitrogen and oxygen atoms in total. The van der Waals surface area contributed by atoms with Gasteiger partial charge in [0.1, 0.15) is 11.7 Å². The highest BCUT2D eigenvalue weighted by molar-refractivity contribution is 5.80. The lowest BCUT2D eigenvalue weighted by atomic mass is 10.0. The highest BCUT2D eigenvalue weighted by Gasteiger charge is 2.44. The normalized spacial score (nSPS) is 17.1. The fourth-order valence-corrected chi connectivity index (χ4v) is 2.63. The maximum Gasteiger partial charge on any atom is 0.139 e. The molecule has 1 aromatic heterocycles. The van der Waals surface area contributed by atoms with E-state index in [4.69, 9.17) is 10.9 Å². The van der Waals surface area contributed by atoms with E-state index in [2.05, 4.69) is 26.8 Å². The number of rotatable bonds is 5. The van der Waals surface area contributed by atoms with E-state index < -0.39 is 0 Å². The van der Waals surface area contributed by atoms with E-state index in [1.54, 1.807) is 0 Å². The molecule has 1 aromatic carbocycles. The molecule has 0 bridgehead atoms. The Balaban J connectivity index is 1.81. The third-order valence-electron chi connectivity index (χ3n) is 3.89. The number of nitrogens with zero attached hydrogens (tertiary/aromatic N) is 3. The largest absolute Gasteiger partial charge is 0.409 e. The van der Waals surface area contributed by atoms with E-state index in [-0.39, 0.29) is 5.41 Å². The van der Waals surface area contributed by atoms with Crippen LogP contribution in [0.1, 0.15) is 19.3 Å². The number of hydrogen-bond acceptors (Lipinski definition) is 3. The number of imidazole rings is 1. The monoisotopic (exact) mass is 270 g/mol. The number of oxime groups is 1. The van der Waals surface area contributed by atoms with Gasteiger partial charge in [0.05, 0.1) is 0 Å². The van der Waals surface area contributed by atoms with E-state index in [9.17, 15) is 0 Å². The summed E-state index contributed by atoms with van der Waals surface area (Å²) in [6.07, 6.45) is 6.66. The topological polar surface area (TPSA) is 76.4 Å². The van der Waals surface area contributed by atoms with E-state index in [1.165, 1.54) is 0 Å². The summed E-state index contributed by atoms with van der Waals surface area (Å²) in [6, 6.07) is 10.1. The smallest absolute Gasteiger partial charge is 0.139 e. The second kappa shape index (κ2) is 5.00. The number of nitrogens with two attached hydrogens (primary N) is 1. The van der Waals surface area contributed by atoms with Gasteiger partial charge < -0.3 is 15.5 Å². The van der Waals surface area contributed by atoms with Crippen LogP contribution in [-0.4, -0.2) is 20.6 Å². The van der Waals surface area contributed by atoms with Crippen molar-refractivity contribution >= 4 is 5.84 Å². The minimum absolute atomic E-state index is 0.126. The summed E-state index contributed by atoms with van der Waals surface area (Å²) < 4.78 is 2.16. The molecule has 1 saturated carbocycles. The Morgan fingerprint density at radius 1 is 1.35 bits per heavy atom. The lowest BCUT2D eigenvalue weighted by Crippen LogP contribution is -2.21. The van der Waals surface area contributed by atoms with Crippen molar-refractivity contribution < 1.29 is 5.21 Å². The van der Waals surface area contributed by atoms with Gasteiger partial charge in [0.25, 0.3) is 0 Å². The van der Waals surface area contributed by atoms with Crippen LogP contribution in [0.4, 0.5) is 0 Å². The zero-order valence-corrected chi connectivity index (χ0v) is 11.2. The molecule has 0 saturated heterocycles. The van der Waals surface area contributed by atoms with Crippen LogP contribution in [0.25, 0.3) is 11.4 Å². The summed E-state index contributed by atoms with van der Waals surface area (Å²) in [5.74, 6) is 1.28. The number of aromatic nitrogens is 2. The molecule has 3 rings (SSSR count). The van der Waals surface area contributed by atoms with Gasteiger partial charge in [-0.3, -0.25) is 0 Å². The summed E-state index contributed by atoms with van der Waals surface area (Å²) in [5, 5.41) is 11.8. The summed E-state index contributed by atoms with van der Waals surface area (Å²) in [4.78, 5) is 4.45. The molecule has 104 valence electrons. The summed E-state index contributed by atoms with van der Waals surface area (Å²) in [7, 11) is 0. The molecule has 5 heteroatoms. The third-order valence-corrected chi connectivity index (χ3v) is 3.89. The molecule has 0 spiro atoms. The van der Waals surface area contributed by atoms with Gasteiger partial charge in [-0.05, 0) is 18.3 Å². The van der Waals surface area contributed by atoms with Gasteiger partial charge in [-0.25, -0.2) is 4.98 Å². The van der Waals surface area contributed by atoms with Crippen molar-refractivity contribution in [2.24, 2.45) is 16.3 Å². The van der Waals surface area contributed by atoms with Gasteiger partial charge in [0, 0.05) is 30.9 Å². The van der Waals surface area contributed by atoms with Crippen molar-refractivity contribution in [2.45, 2.75) is 25.8 Å². The van der Waals surface area contributed by atoms with E-state index in [0.29, 0.717) is 12.3 Å². The Kier molecular flexibility index (Phi) is 3.18. The molecule has 0 amide bonds. The molecule has 1 aliphatic carbocycles. The Morgan fingerprint density at radius 2 is 2.10 bits per heavy atom. The van der Waals surface area contributed by atoms with Gasteiger partial charge in [0.2, 0.25) is 0 Å². The first-order valence-electron chi connectivity index (χ1n) is 6.75. The Hall–Kier alpha value is -2.30. The van der Waals surface area contributed by atoms with Crippen LogP contribution in [0, 0.1) is 5.41 Å². The molecule has 0 atom stereocenters. The molecular weight excluding hydrogens is 252 g/mol. The van der Waals surface area contributed by atoms with Crippen LogP contribution < -0.4 is 5.73 Å². The lowest BCUT2D eigenvalue weighted by molar-refractivity contribution is 0.313. The molecule has 0 unspecified atom stereocenters. The molecule has 0 radical (unpaired) electrons. The van der Waals surface area contributed by atoms with E-state index >= 15 is 0 Å². The fourth-order valence-electron chi connectivity index (χ4n) is 2.63. The predicted octanol–water partition coefficient (Wildman–Crippen LogP) is 2.47. The van der Waals surface area contributed by atoms with Crippen molar-refractivity contribution in [1.82, 2.24) is 9.55 Å². The van der Waals surface area contributed by atoms with Gasteiger partial charge in [-0.15, -0.1) is 0 Å². The number of amidine groups is 1. The maximum atomic E-state index is 8.73. The van der Waals surface area contributed by atoms with Gasteiger partial charge in [0.15, 0.2) is 0 Å². The summed E-state index contributed by atoms with van der Waals surface area (Å²) >= 11 is 0. The molecule has 0 aliphatic heterocycles. The second-order valence-corrected chi connectivity index (χ2v) is 5.51. The Morgan fingerprint density at radius 3 is 2.75 bits per heavy atom. The van der Waals surface area contributed by atoms with E-state index in [1.807, 2.05) is 30.6 Å². The molecule has 1 fully saturated rings. The quantitative estimate of drug-likeness (QED) is 0.379. The molecule has 20 heavy (non-hydrogen) atoms. The minimum atomic E-state index is 0.126. The van der Waals surface area contributed by atoms with Crippen molar-refractivity contribution in [3.8, 4) is 11.4 Å². The van der Waals surface area contributed by atoms with Crippen molar-refractivity contribution in [1.29, 1.82) is 0 Å². The van der Waals surface area contributed by atoms with Crippen LogP contribution in [-0.2, 0) is 6.54 Å². The molecule has 1 aliphatic rings. The number of hydrogen-bond donors (Lipinski definition) is 2. The molecule has 3 N–H and O–H groups in total. The van der Waals surface area contributed by atoms with Crippen LogP contribution >= 0.6 is 0 Å². The zero-order valence-electron chi connectivity index (χ0n) is 11.2. The van der Waals surface area contributed by atoms with Crippen molar-refractivity contribution in [3.63, 3.8) is 0 Å². The second-order valence-electron chi connectivity index (χ2n) is 5.51. The van der Waals surface area contributed by atoms with Crippen molar-refractivity contribution in [3.05, 3.63) is 42.7 Å². The van der Waals surface area contributed by atoms with Crippen molar-refractivity contribution in [2.75, 3.05) is 0 Å². The van der Waals surface area contributed by atoms with Crippen LogP contribution in [0.5, 0.6) is 0 Å². The lowest BCUT2D eigenvalue weighted by Gasteiger charge is -2.17. The van der Waals surface area contributed by atoms with E-state index in [0.717, 1.165) is 30.8 Å². The first-order valence-corrected chi connectivity index (χ1v) is 6.75. The Bertz CT molecular complexity index is 614. The third kappa shape index (κ3) is 2.52. The van der Waals surface area contributed by atoms with Crippen LogP contribution in [0.15, 0.2) is 47.9 Å². The molecular formula is C15H18N4O. The van der Waals surface area contributed by atoms with Crippen LogP contribution in [0.3, 0.4) is 0 Å². The SMILES string of the molecule is NC(CC1(Cn2ccnc2-c2ccccc2)CC1)=NO. The predicted molar refractivity (Wildman–Crippen MR) is 77.4 cm³/mol. The molecule has 1 heterocycles. The number of benzene rings is 1.